The van der Waals surface area contributed by atoms with E-state index in [2.05, 4.69) is 14.9 Å². The second kappa shape index (κ2) is 8.08. The van der Waals surface area contributed by atoms with Gasteiger partial charge in [0.25, 0.3) is 11.1 Å². The van der Waals surface area contributed by atoms with E-state index in [-0.39, 0.29) is 23.5 Å². The summed E-state index contributed by atoms with van der Waals surface area (Å²) in [7, 11) is 3.20. The molecule has 0 spiro atoms. The Bertz CT molecular complexity index is 1550. The number of carbonyl (C=O) groups is 1. The van der Waals surface area contributed by atoms with Gasteiger partial charge in [0.05, 0.1) is 12.0 Å². The van der Waals surface area contributed by atoms with Crippen LogP contribution in [-0.2, 0) is 32.0 Å². The van der Waals surface area contributed by atoms with Crippen LogP contribution < -0.4 is 16.8 Å². The molecule has 1 aliphatic rings. The van der Waals surface area contributed by atoms with Gasteiger partial charge in [0.1, 0.15) is 6.54 Å². The molecule has 0 aromatic carbocycles. The van der Waals surface area contributed by atoms with Gasteiger partial charge >= 0.3 is 5.69 Å². The monoisotopic (exact) mass is 470 g/mol. The van der Waals surface area contributed by atoms with E-state index in [1.165, 1.54) is 39.7 Å². The Labute approximate surface area is 190 Å². The van der Waals surface area contributed by atoms with E-state index in [4.69, 9.17) is 0 Å². The molecule has 0 unspecified atom stereocenters. The zero-order valence-electron chi connectivity index (χ0n) is 18.2. The first kappa shape index (κ1) is 21.3. The minimum absolute atomic E-state index is 0.109. The summed E-state index contributed by atoms with van der Waals surface area (Å²) in [6.45, 7) is 2.32. The minimum Gasteiger partial charge on any atom is -0.339 e. The summed E-state index contributed by atoms with van der Waals surface area (Å²) >= 11 is 1.41. The molecule has 0 aliphatic carbocycles. The van der Waals surface area contributed by atoms with Crippen LogP contribution in [0.4, 0.5) is 0 Å². The van der Waals surface area contributed by atoms with Gasteiger partial charge in [-0.15, -0.1) is 11.3 Å². The van der Waals surface area contributed by atoms with Crippen LogP contribution in [0.5, 0.6) is 0 Å². The maximum Gasteiger partial charge on any atom is 0.332 e. The molecule has 1 amide bonds. The first-order valence-electron chi connectivity index (χ1n) is 10.4. The summed E-state index contributed by atoms with van der Waals surface area (Å²) in [4.78, 5) is 63.6. The number of hydrogen-bond donors (Lipinski definition) is 0. The maximum absolute atomic E-state index is 12.9. The zero-order chi connectivity index (χ0) is 23.3. The number of rotatable bonds is 4. The van der Waals surface area contributed by atoms with Crippen LogP contribution in [0.3, 0.4) is 0 Å². The maximum atomic E-state index is 12.9. The standard InChI is InChI=1S/C20H22N8O4S/c1-23-12-21-17-16(23)18(31)28(20(32)24(17)2)11-15(30)26-5-3-25(4-6-26)10-13-9-14(29)27-7-8-33-19(27)22-13/h7-9,12H,3-6,10-11H2,1-2H3. The lowest BCUT2D eigenvalue weighted by atomic mass is 10.2. The highest BCUT2D eigenvalue weighted by Gasteiger charge is 2.24. The second-order valence-electron chi connectivity index (χ2n) is 8.06. The quantitative estimate of drug-likeness (QED) is 0.369. The molecule has 33 heavy (non-hydrogen) atoms. The normalized spacial score (nSPS) is 15.0. The topological polar surface area (TPSA) is 120 Å². The van der Waals surface area contributed by atoms with Gasteiger partial charge in [0.15, 0.2) is 16.1 Å². The average Bonchev–Trinajstić information content (AvgIpc) is 3.42. The van der Waals surface area contributed by atoms with E-state index in [1.807, 2.05) is 5.38 Å². The summed E-state index contributed by atoms with van der Waals surface area (Å²) in [6.07, 6.45) is 3.17. The number of aryl methyl sites for hydroxylation is 2. The Kier molecular flexibility index (Phi) is 5.21. The molecule has 5 heterocycles. The molecule has 0 saturated carbocycles. The van der Waals surface area contributed by atoms with E-state index >= 15 is 0 Å². The summed E-state index contributed by atoms with van der Waals surface area (Å²) in [5.74, 6) is -0.285. The third-order valence-electron chi connectivity index (χ3n) is 5.96. The number of amides is 1. The van der Waals surface area contributed by atoms with Crippen molar-refractivity contribution in [2.75, 3.05) is 26.2 Å². The van der Waals surface area contributed by atoms with Crippen molar-refractivity contribution < 1.29 is 4.79 Å². The molecule has 0 radical (unpaired) electrons. The Morgan fingerprint density at radius 1 is 1.12 bits per heavy atom. The zero-order valence-corrected chi connectivity index (χ0v) is 19.0. The number of fused-ring (bicyclic) bond motifs is 2. The van der Waals surface area contributed by atoms with Crippen molar-refractivity contribution in [1.29, 1.82) is 0 Å². The van der Waals surface area contributed by atoms with Gasteiger partial charge in [-0.25, -0.2) is 19.3 Å². The predicted octanol–water partition coefficient (Wildman–Crippen LogP) is -1.15. The van der Waals surface area contributed by atoms with Gasteiger partial charge in [0.2, 0.25) is 5.91 Å². The van der Waals surface area contributed by atoms with Gasteiger partial charge in [-0.2, -0.15) is 0 Å². The average molecular weight is 471 g/mol. The molecule has 0 bridgehead atoms. The SMILES string of the molecule is Cn1cnc2c1c(=O)n(CC(=O)N1CCN(Cc3cc(=O)n4ccsc4n3)CC1)c(=O)n2C. The summed E-state index contributed by atoms with van der Waals surface area (Å²) in [6, 6.07) is 1.54. The van der Waals surface area contributed by atoms with Crippen LogP contribution in [0.15, 0.2) is 38.4 Å². The first-order chi connectivity index (χ1) is 15.8. The highest BCUT2D eigenvalue weighted by molar-refractivity contribution is 7.15. The van der Waals surface area contributed by atoms with E-state index < -0.39 is 11.2 Å². The number of hydrogen-bond acceptors (Lipinski definition) is 8. The fourth-order valence-electron chi connectivity index (χ4n) is 4.12. The molecule has 12 nitrogen and oxygen atoms in total. The van der Waals surface area contributed by atoms with Gasteiger partial charge in [-0.1, -0.05) is 0 Å². The number of carbonyl (C=O) groups excluding carboxylic acids is 1. The van der Waals surface area contributed by atoms with Gasteiger partial charge < -0.3 is 9.47 Å². The summed E-state index contributed by atoms with van der Waals surface area (Å²) in [5, 5.41) is 1.82. The van der Waals surface area contributed by atoms with E-state index in [0.29, 0.717) is 49.0 Å². The lowest BCUT2D eigenvalue weighted by Crippen LogP contribution is -2.51. The van der Waals surface area contributed by atoms with Crippen molar-refractivity contribution in [1.82, 2.24) is 37.9 Å². The molecule has 13 heteroatoms. The van der Waals surface area contributed by atoms with Crippen molar-refractivity contribution in [3.63, 3.8) is 0 Å². The smallest absolute Gasteiger partial charge is 0.332 e. The molecule has 1 fully saturated rings. The third-order valence-corrected chi connectivity index (χ3v) is 6.72. The molecule has 1 aliphatic heterocycles. The summed E-state index contributed by atoms with van der Waals surface area (Å²) < 4.78 is 5.30. The lowest BCUT2D eigenvalue weighted by molar-refractivity contribution is -0.133. The minimum atomic E-state index is -0.570. The van der Waals surface area contributed by atoms with Crippen molar-refractivity contribution >= 4 is 33.4 Å². The lowest BCUT2D eigenvalue weighted by Gasteiger charge is -2.34. The Balaban J connectivity index is 1.27. The van der Waals surface area contributed by atoms with Crippen LogP contribution in [0.2, 0.25) is 0 Å². The number of nitrogens with zero attached hydrogens (tertiary/aromatic N) is 8. The Hall–Kier alpha value is -3.58. The van der Waals surface area contributed by atoms with E-state index in [0.717, 1.165) is 4.57 Å². The third kappa shape index (κ3) is 3.68. The first-order valence-corrected chi connectivity index (χ1v) is 11.3. The van der Waals surface area contributed by atoms with Crippen LogP contribution in [0.25, 0.3) is 16.1 Å². The molecular weight excluding hydrogens is 448 g/mol. The molecule has 0 atom stereocenters. The predicted molar refractivity (Wildman–Crippen MR) is 121 cm³/mol. The highest BCUT2D eigenvalue weighted by Crippen LogP contribution is 2.11. The molecule has 1 saturated heterocycles. The van der Waals surface area contributed by atoms with Crippen molar-refractivity contribution in [2.45, 2.75) is 13.1 Å². The number of imidazole rings is 1. The molecular formula is C20H22N8O4S. The van der Waals surface area contributed by atoms with Gasteiger partial charge in [-0.05, 0) is 0 Å². The Morgan fingerprint density at radius 2 is 1.88 bits per heavy atom. The van der Waals surface area contributed by atoms with E-state index in [9.17, 15) is 19.2 Å². The number of piperazine rings is 1. The van der Waals surface area contributed by atoms with Crippen LogP contribution in [0, 0.1) is 0 Å². The van der Waals surface area contributed by atoms with Crippen LogP contribution >= 0.6 is 11.3 Å². The van der Waals surface area contributed by atoms with Crippen molar-refractivity contribution in [3.05, 3.63) is 60.9 Å². The molecule has 4 aromatic rings. The molecule has 4 aromatic heterocycles. The Morgan fingerprint density at radius 3 is 2.64 bits per heavy atom. The highest BCUT2D eigenvalue weighted by atomic mass is 32.1. The van der Waals surface area contributed by atoms with Gasteiger partial charge in [-0.3, -0.25) is 28.3 Å². The molecule has 0 N–H and O–H groups in total. The molecule has 172 valence electrons. The fourth-order valence-corrected chi connectivity index (χ4v) is 4.86. The summed E-state index contributed by atoms with van der Waals surface area (Å²) in [5.41, 5.74) is 0.0600. The fraction of sp³-hybridized carbons (Fsp3) is 0.400. The largest absolute Gasteiger partial charge is 0.339 e. The van der Waals surface area contributed by atoms with Gasteiger partial charge in [0, 0.05) is 64.5 Å². The van der Waals surface area contributed by atoms with Crippen LogP contribution in [-0.4, -0.2) is 70.0 Å². The number of aromatic nitrogens is 6. The molecule has 5 rings (SSSR count). The second-order valence-corrected chi connectivity index (χ2v) is 8.93. The number of thiazole rings is 1. The van der Waals surface area contributed by atoms with Crippen molar-refractivity contribution in [2.24, 2.45) is 14.1 Å². The van der Waals surface area contributed by atoms with Crippen molar-refractivity contribution in [3.8, 4) is 0 Å². The van der Waals surface area contributed by atoms with E-state index in [1.54, 1.807) is 22.7 Å². The van der Waals surface area contributed by atoms with Crippen LogP contribution in [0.1, 0.15) is 5.69 Å².